The predicted octanol–water partition coefficient (Wildman–Crippen LogP) is 3.21. The Labute approximate surface area is 86.7 Å². The molecule has 1 aromatic rings. The lowest BCUT2D eigenvalue weighted by Gasteiger charge is -2.02. The van der Waals surface area contributed by atoms with E-state index in [1.807, 2.05) is 24.3 Å². The Kier molecular flexibility index (Phi) is 3.96. The van der Waals surface area contributed by atoms with E-state index in [0.717, 1.165) is 22.2 Å². The molecular weight excluding hydrogens is 230 g/mol. The number of hydrogen-bond acceptors (Lipinski definition) is 2. The molecule has 0 spiro atoms. The molecular formula is C10H12BrNO. The van der Waals surface area contributed by atoms with E-state index in [9.17, 15) is 0 Å². The van der Waals surface area contributed by atoms with Crippen molar-refractivity contribution in [2.24, 2.45) is 5.16 Å². The normalized spacial score (nSPS) is 11.5. The van der Waals surface area contributed by atoms with E-state index in [2.05, 4.69) is 28.0 Å². The molecule has 13 heavy (non-hydrogen) atoms. The Morgan fingerprint density at radius 3 is 2.46 bits per heavy atom. The van der Waals surface area contributed by atoms with Crippen molar-refractivity contribution >= 4 is 21.6 Å². The first-order valence-corrected chi connectivity index (χ1v) is 4.93. The molecule has 0 aliphatic carbocycles. The molecule has 3 heteroatoms. The summed E-state index contributed by atoms with van der Waals surface area (Å²) in [6.45, 7) is 2.06. The maximum Gasteiger partial charge on any atom is 0.106 e. The van der Waals surface area contributed by atoms with Crippen LogP contribution < -0.4 is 0 Å². The predicted molar refractivity (Wildman–Crippen MR) is 58.0 cm³/mol. The van der Waals surface area contributed by atoms with Crippen LogP contribution in [0.2, 0.25) is 0 Å². The molecule has 0 bridgehead atoms. The minimum absolute atomic E-state index is 0.871. The fourth-order valence-corrected chi connectivity index (χ4v) is 1.34. The molecule has 0 aliphatic heterocycles. The van der Waals surface area contributed by atoms with Crippen LogP contribution in [-0.2, 0) is 4.84 Å². The zero-order valence-corrected chi connectivity index (χ0v) is 9.34. The van der Waals surface area contributed by atoms with E-state index >= 15 is 0 Å². The van der Waals surface area contributed by atoms with Gasteiger partial charge in [0.1, 0.15) is 7.11 Å². The van der Waals surface area contributed by atoms with E-state index < -0.39 is 0 Å². The zero-order valence-electron chi connectivity index (χ0n) is 7.75. The molecule has 0 saturated carbocycles. The molecule has 0 N–H and O–H groups in total. The Morgan fingerprint density at radius 2 is 2.00 bits per heavy atom. The first-order valence-electron chi connectivity index (χ1n) is 4.14. The number of rotatable bonds is 3. The first kappa shape index (κ1) is 10.3. The van der Waals surface area contributed by atoms with Crippen LogP contribution >= 0.6 is 15.9 Å². The van der Waals surface area contributed by atoms with Crippen LogP contribution in [0.1, 0.15) is 18.9 Å². The third kappa shape index (κ3) is 2.84. The van der Waals surface area contributed by atoms with Crippen molar-refractivity contribution in [2.45, 2.75) is 13.3 Å². The fourth-order valence-electron chi connectivity index (χ4n) is 1.07. The van der Waals surface area contributed by atoms with E-state index in [1.54, 1.807) is 7.11 Å². The van der Waals surface area contributed by atoms with Gasteiger partial charge in [0.05, 0.1) is 5.71 Å². The van der Waals surface area contributed by atoms with Gasteiger partial charge in [0, 0.05) is 4.47 Å². The summed E-state index contributed by atoms with van der Waals surface area (Å²) in [5.74, 6) is 0. The molecule has 2 nitrogen and oxygen atoms in total. The molecule has 70 valence electrons. The second-order valence-electron chi connectivity index (χ2n) is 2.58. The number of halogens is 1. The van der Waals surface area contributed by atoms with Crippen LogP contribution in [-0.4, -0.2) is 12.8 Å². The fraction of sp³-hybridized carbons (Fsp3) is 0.300. The first-order chi connectivity index (χ1) is 6.27. The van der Waals surface area contributed by atoms with Gasteiger partial charge in [-0.3, -0.25) is 0 Å². The van der Waals surface area contributed by atoms with Crippen molar-refractivity contribution in [3.8, 4) is 0 Å². The summed E-state index contributed by atoms with van der Waals surface area (Å²) in [5, 5.41) is 3.94. The summed E-state index contributed by atoms with van der Waals surface area (Å²) in [7, 11) is 1.56. The van der Waals surface area contributed by atoms with E-state index in [4.69, 9.17) is 4.84 Å². The van der Waals surface area contributed by atoms with E-state index in [-0.39, 0.29) is 0 Å². The topological polar surface area (TPSA) is 21.6 Å². The Bertz CT molecular complexity index is 292. The van der Waals surface area contributed by atoms with Crippen LogP contribution in [0.3, 0.4) is 0 Å². The van der Waals surface area contributed by atoms with E-state index in [1.165, 1.54) is 0 Å². The van der Waals surface area contributed by atoms with Crippen molar-refractivity contribution in [2.75, 3.05) is 7.11 Å². The molecule has 0 atom stereocenters. The average Bonchev–Trinajstić information content (AvgIpc) is 2.16. The minimum atomic E-state index is 0.871. The van der Waals surface area contributed by atoms with Gasteiger partial charge in [-0.05, 0) is 24.1 Å². The second kappa shape index (κ2) is 5.02. The van der Waals surface area contributed by atoms with Gasteiger partial charge in [-0.15, -0.1) is 0 Å². The Morgan fingerprint density at radius 1 is 1.38 bits per heavy atom. The number of oxime groups is 1. The lowest BCUT2D eigenvalue weighted by molar-refractivity contribution is 0.213. The van der Waals surface area contributed by atoms with Gasteiger partial charge in [-0.25, -0.2) is 0 Å². The minimum Gasteiger partial charge on any atom is -0.399 e. The highest BCUT2D eigenvalue weighted by Crippen LogP contribution is 2.12. The lowest BCUT2D eigenvalue weighted by atomic mass is 10.1. The van der Waals surface area contributed by atoms with Crippen LogP contribution in [0.15, 0.2) is 33.9 Å². The molecule has 1 aromatic carbocycles. The smallest absolute Gasteiger partial charge is 0.106 e. The quantitative estimate of drug-likeness (QED) is 0.589. The van der Waals surface area contributed by atoms with Gasteiger partial charge in [0.15, 0.2) is 0 Å². The Balaban J connectivity index is 2.92. The number of nitrogens with zero attached hydrogens (tertiary/aromatic N) is 1. The Hall–Kier alpha value is -0.830. The summed E-state index contributed by atoms with van der Waals surface area (Å²) >= 11 is 3.38. The summed E-state index contributed by atoms with van der Waals surface area (Å²) in [6.07, 6.45) is 0.871. The van der Waals surface area contributed by atoms with E-state index in [0.29, 0.717) is 0 Å². The average molecular weight is 242 g/mol. The third-order valence-corrected chi connectivity index (χ3v) is 2.24. The van der Waals surface area contributed by atoms with Crippen LogP contribution in [0.5, 0.6) is 0 Å². The molecule has 0 saturated heterocycles. The van der Waals surface area contributed by atoms with Gasteiger partial charge in [-0.2, -0.15) is 0 Å². The standard InChI is InChI=1S/C10H12BrNO/c1-3-10(12-13-2)8-4-6-9(11)7-5-8/h4-7H,3H2,1-2H3/b12-10-. The largest absolute Gasteiger partial charge is 0.399 e. The van der Waals surface area contributed by atoms with Crippen LogP contribution in [0, 0.1) is 0 Å². The summed E-state index contributed by atoms with van der Waals surface area (Å²) in [4.78, 5) is 4.76. The third-order valence-electron chi connectivity index (χ3n) is 1.71. The van der Waals surface area contributed by atoms with Crippen molar-refractivity contribution < 1.29 is 4.84 Å². The van der Waals surface area contributed by atoms with Crippen molar-refractivity contribution in [3.05, 3.63) is 34.3 Å². The monoisotopic (exact) mass is 241 g/mol. The van der Waals surface area contributed by atoms with Crippen molar-refractivity contribution in [1.82, 2.24) is 0 Å². The molecule has 0 aromatic heterocycles. The molecule has 0 aliphatic rings. The highest BCUT2D eigenvalue weighted by Gasteiger charge is 2.00. The molecule has 0 amide bonds. The van der Waals surface area contributed by atoms with Gasteiger partial charge < -0.3 is 4.84 Å². The highest BCUT2D eigenvalue weighted by molar-refractivity contribution is 9.10. The van der Waals surface area contributed by atoms with Crippen LogP contribution in [0.25, 0.3) is 0 Å². The molecule has 1 rings (SSSR count). The molecule has 0 unspecified atom stereocenters. The van der Waals surface area contributed by atoms with Gasteiger partial charge >= 0.3 is 0 Å². The van der Waals surface area contributed by atoms with Crippen LogP contribution in [0.4, 0.5) is 0 Å². The maximum atomic E-state index is 4.76. The summed E-state index contributed by atoms with van der Waals surface area (Å²) < 4.78 is 1.07. The van der Waals surface area contributed by atoms with Gasteiger partial charge in [0.25, 0.3) is 0 Å². The highest BCUT2D eigenvalue weighted by atomic mass is 79.9. The molecule has 0 fully saturated rings. The summed E-state index contributed by atoms with van der Waals surface area (Å²) in [6, 6.07) is 8.03. The van der Waals surface area contributed by atoms with Gasteiger partial charge in [0.2, 0.25) is 0 Å². The maximum absolute atomic E-state index is 4.76. The lowest BCUT2D eigenvalue weighted by Crippen LogP contribution is -1.98. The summed E-state index contributed by atoms with van der Waals surface area (Å²) in [5.41, 5.74) is 2.07. The number of benzene rings is 1. The van der Waals surface area contributed by atoms with Crippen molar-refractivity contribution in [1.29, 1.82) is 0 Å². The SMILES string of the molecule is CC/C(=N/OC)c1ccc(Br)cc1. The molecule has 0 radical (unpaired) electrons. The molecule has 0 heterocycles. The van der Waals surface area contributed by atoms with Gasteiger partial charge in [-0.1, -0.05) is 40.1 Å². The zero-order chi connectivity index (χ0) is 9.68. The van der Waals surface area contributed by atoms with Crippen molar-refractivity contribution in [3.63, 3.8) is 0 Å². The number of hydrogen-bond donors (Lipinski definition) is 0. The second-order valence-corrected chi connectivity index (χ2v) is 3.50.